The number of rotatable bonds is 33. The number of likely N-dealkylation sites (tertiary alicyclic amines) is 1. The molecule has 19 N–H and O–H groups in total. The van der Waals surface area contributed by atoms with Gasteiger partial charge in [-0.25, -0.2) is 9.78 Å². The molecule has 0 spiro atoms. The Morgan fingerprint density at radius 1 is 0.646 bits per heavy atom. The molecule has 436 valence electrons. The van der Waals surface area contributed by atoms with E-state index in [1.165, 1.54) is 41.7 Å². The summed E-state index contributed by atoms with van der Waals surface area (Å²) < 4.78 is 0. The normalized spacial score (nSPS) is 16.9. The van der Waals surface area contributed by atoms with E-state index >= 15 is 0 Å². The lowest BCUT2D eigenvalue weighted by atomic mass is 10.0. The lowest BCUT2D eigenvalue weighted by molar-refractivity contribution is -0.145. The number of aliphatic hydroxyl groups excluding tert-OH is 2. The van der Waals surface area contributed by atoms with Crippen LogP contribution in [0.5, 0.6) is 5.75 Å². The standard InChI is InChI=1S/C49H73N13O17/c1-23(2)18-34(48(77)62-17-5-6-35(62)46(75)58-32(19-26-7-9-28(65)10-8-26)44(73)61-40(25(4)64)49(78)79)59-47(76)39(24(3)63)60-45(74)33(20-27-21-53-22-54-27)57-43(72)31(13-16-38(68)69)56-42(71)30(12-15-37(52)67)55-41(70)29(50)11-14-36(51)66/h7-10,21-25,29-35,39-40,63-65H,5-6,11-20,50H2,1-4H3,(H2,51,66)(H2,52,67)(H,53,54)(H,55,70)(H,56,71)(H,57,72)(H,58,75)(H,59,76)(H,60,74)(H,61,73)(H,68,69)(H,78,79)/t24-,25-,29+,30+,31+,32+,33+,34+,35+,39+,40+/m1/s1. The van der Waals surface area contributed by atoms with Crippen molar-refractivity contribution in [1.29, 1.82) is 0 Å². The van der Waals surface area contributed by atoms with E-state index < -0.39 is 163 Å². The zero-order valence-corrected chi connectivity index (χ0v) is 44.1. The van der Waals surface area contributed by atoms with Gasteiger partial charge in [0.05, 0.1) is 24.6 Å². The molecule has 11 atom stereocenters. The number of carboxylic acids is 2. The number of H-pyrrole nitrogens is 1. The number of imidazole rings is 1. The first-order valence-electron chi connectivity index (χ1n) is 25.4. The first-order chi connectivity index (χ1) is 37.1. The van der Waals surface area contributed by atoms with Gasteiger partial charge in [0.15, 0.2) is 6.04 Å². The van der Waals surface area contributed by atoms with Crippen LogP contribution >= 0.6 is 0 Å². The van der Waals surface area contributed by atoms with E-state index in [9.17, 15) is 83.1 Å². The minimum Gasteiger partial charge on any atom is -0.508 e. The van der Waals surface area contributed by atoms with Crippen LogP contribution in [0.4, 0.5) is 0 Å². The third-order valence-corrected chi connectivity index (χ3v) is 12.5. The van der Waals surface area contributed by atoms with Crippen LogP contribution in [0.1, 0.15) is 96.7 Å². The number of hydrogen-bond donors (Lipinski definition) is 16. The Bertz CT molecular complexity index is 2470. The average molecular weight is 1120 g/mol. The Morgan fingerprint density at radius 3 is 1.67 bits per heavy atom. The van der Waals surface area contributed by atoms with Gasteiger partial charge in [-0.05, 0) is 76.0 Å². The minimum absolute atomic E-state index is 0.00796. The van der Waals surface area contributed by atoms with Crippen molar-refractivity contribution < 1.29 is 83.1 Å². The number of phenolic OH excluding ortho intramolecular Hbond substituents is 1. The molecule has 2 aromatic rings. The van der Waals surface area contributed by atoms with Gasteiger partial charge in [-0.3, -0.25) is 52.7 Å². The number of aliphatic carboxylic acids is 2. The van der Waals surface area contributed by atoms with Crippen molar-refractivity contribution in [3.8, 4) is 5.75 Å². The molecule has 1 saturated heterocycles. The highest BCUT2D eigenvalue weighted by molar-refractivity contribution is 5.99. The summed E-state index contributed by atoms with van der Waals surface area (Å²) in [6.45, 7) is 5.76. The van der Waals surface area contributed by atoms with Gasteiger partial charge >= 0.3 is 11.9 Å². The number of nitrogens with two attached hydrogens (primary N) is 3. The maximum absolute atomic E-state index is 14.5. The number of aromatic amines is 1. The molecular weight excluding hydrogens is 1040 g/mol. The number of benzene rings is 1. The van der Waals surface area contributed by atoms with E-state index in [-0.39, 0.29) is 62.4 Å². The molecular formula is C49H73N13O17. The second-order valence-electron chi connectivity index (χ2n) is 19.6. The van der Waals surface area contributed by atoms with Gasteiger partial charge in [-0.1, -0.05) is 26.0 Å². The summed E-state index contributed by atoms with van der Waals surface area (Å²) in [6, 6.07) is -8.40. The maximum Gasteiger partial charge on any atom is 0.328 e. The van der Waals surface area contributed by atoms with Gasteiger partial charge in [0.2, 0.25) is 59.1 Å². The minimum atomic E-state index is -1.84. The number of aromatic nitrogens is 2. The van der Waals surface area contributed by atoms with Crippen LogP contribution in [0.3, 0.4) is 0 Å². The summed E-state index contributed by atoms with van der Waals surface area (Å²) in [4.78, 5) is 165. The lowest BCUT2D eigenvalue weighted by Gasteiger charge is -2.32. The Hall–Kier alpha value is -8.25. The zero-order valence-electron chi connectivity index (χ0n) is 44.1. The molecule has 30 nitrogen and oxygen atoms in total. The molecule has 0 radical (unpaired) electrons. The Morgan fingerprint density at radius 2 is 1.15 bits per heavy atom. The van der Waals surface area contributed by atoms with Crippen molar-refractivity contribution in [2.45, 2.75) is 165 Å². The van der Waals surface area contributed by atoms with Crippen LogP contribution < -0.4 is 54.4 Å². The predicted molar refractivity (Wildman–Crippen MR) is 275 cm³/mol. The van der Waals surface area contributed by atoms with Gasteiger partial charge in [-0.15, -0.1) is 0 Å². The van der Waals surface area contributed by atoms with Gasteiger partial charge in [0.1, 0.15) is 48.0 Å². The molecule has 1 aliphatic heterocycles. The van der Waals surface area contributed by atoms with Crippen molar-refractivity contribution >= 4 is 71.0 Å². The number of aliphatic hydroxyl groups is 2. The largest absolute Gasteiger partial charge is 0.508 e. The number of nitrogens with zero attached hydrogens (tertiary/aromatic N) is 2. The number of hydrogen-bond acceptors (Lipinski definition) is 17. The summed E-state index contributed by atoms with van der Waals surface area (Å²) in [5.74, 6) is -12.9. The first-order valence-corrected chi connectivity index (χ1v) is 25.4. The SMILES string of the molecule is CC(C)C[C@H](NC(=O)[C@@H](NC(=O)[C@H](Cc1cnc[nH]1)NC(=O)[C@H](CCC(=O)O)NC(=O)[C@H](CCC(N)=O)NC(=O)[C@@H](N)CCC(N)=O)[C@@H](C)O)C(=O)N1CCC[C@H]1C(=O)N[C@@H](Cc1ccc(O)cc1)C(=O)N[C@H](C(=O)O)[C@@H](C)O. The van der Waals surface area contributed by atoms with E-state index in [1.807, 2.05) is 0 Å². The first kappa shape index (κ1) is 65.0. The van der Waals surface area contributed by atoms with Crippen molar-refractivity contribution in [1.82, 2.24) is 52.1 Å². The third-order valence-electron chi connectivity index (χ3n) is 12.5. The highest BCUT2D eigenvalue weighted by Gasteiger charge is 2.41. The molecule has 10 amide bonds. The molecule has 1 aromatic carbocycles. The van der Waals surface area contributed by atoms with Gasteiger partial charge in [0.25, 0.3) is 0 Å². The van der Waals surface area contributed by atoms with Crippen LogP contribution in [-0.2, 0) is 70.4 Å². The van der Waals surface area contributed by atoms with Crippen LogP contribution in [0, 0.1) is 5.92 Å². The molecule has 1 fully saturated rings. The number of carbonyl (C=O) groups excluding carboxylic acids is 10. The molecule has 0 aliphatic carbocycles. The number of phenols is 1. The predicted octanol–water partition coefficient (Wildman–Crippen LogP) is -5.10. The number of primary amides is 2. The molecule has 0 saturated carbocycles. The lowest BCUT2D eigenvalue weighted by Crippen LogP contribution is -2.62. The van der Waals surface area contributed by atoms with E-state index in [0.29, 0.717) is 12.0 Å². The number of nitrogens with one attached hydrogen (secondary N) is 8. The van der Waals surface area contributed by atoms with E-state index in [2.05, 4.69) is 47.2 Å². The topological polar surface area (TPSA) is 500 Å². The number of carbonyl (C=O) groups is 12. The highest BCUT2D eigenvalue weighted by atomic mass is 16.4. The van der Waals surface area contributed by atoms with E-state index in [0.717, 1.165) is 13.8 Å². The molecule has 30 heteroatoms. The summed E-state index contributed by atoms with van der Waals surface area (Å²) >= 11 is 0. The van der Waals surface area contributed by atoms with E-state index in [1.54, 1.807) is 13.8 Å². The Balaban J connectivity index is 1.89. The second-order valence-corrected chi connectivity index (χ2v) is 19.6. The summed E-state index contributed by atoms with van der Waals surface area (Å²) in [5, 5.41) is 66.7. The van der Waals surface area contributed by atoms with Gasteiger partial charge < -0.3 is 89.8 Å². The molecule has 0 bridgehead atoms. The number of carboxylic acid groups (broad SMARTS) is 2. The van der Waals surface area contributed by atoms with Crippen molar-refractivity contribution in [3.63, 3.8) is 0 Å². The fourth-order valence-corrected chi connectivity index (χ4v) is 8.27. The van der Waals surface area contributed by atoms with Crippen molar-refractivity contribution in [2.75, 3.05) is 6.54 Å². The summed E-state index contributed by atoms with van der Waals surface area (Å²) in [6.07, 6.45) is -3.59. The molecule has 3 rings (SSSR count). The van der Waals surface area contributed by atoms with Gasteiger partial charge in [-0.2, -0.15) is 0 Å². The van der Waals surface area contributed by atoms with E-state index in [4.69, 9.17) is 17.2 Å². The molecule has 79 heavy (non-hydrogen) atoms. The van der Waals surface area contributed by atoms with Crippen LogP contribution in [0.25, 0.3) is 0 Å². The Kier molecular flexibility index (Phi) is 25.7. The average Bonchev–Trinajstić information content (AvgIpc) is 4.09. The fraction of sp³-hybridized carbons (Fsp3) is 0.571. The Labute approximate surface area is 453 Å². The molecule has 2 heterocycles. The van der Waals surface area contributed by atoms with Crippen molar-refractivity contribution in [3.05, 3.63) is 48.0 Å². The molecule has 1 aromatic heterocycles. The number of aromatic hydroxyl groups is 1. The third kappa shape index (κ3) is 21.6. The van der Waals surface area contributed by atoms with Crippen LogP contribution in [0.15, 0.2) is 36.8 Å². The quantitative estimate of drug-likeness (QED) is 0.0318. The highest BCUT2D eigenvalue weighted by Crippen LogP contribution is 2.22. The van der Waals surface area contributed by atoms with Gasteiger partial charge in [0, 0.05) is 50.5 Å². The van der Waals surface area contributed by atoms with Crippen LogP contribution in [-0.4, -0.2) is 185 Å². The fourth-order valence-electron chi connectivity index (χ4n) is 8.27. The molecule has 0 unspecified atom stereocenters. The number of amides is 10. The van der Waals surface area contributed by atoms with Crippen LogP contribution in [0.2, 0.25) is 0 Å². The maximum atomic E-state index is 14.5. The van der Waals surface area contributed by atoms with Crippen molar-refractivity contribution in [2.24, 2.45) is 23.1 Å². The smallest absolute Gasteiger partial charge is 0.328 e. The summed E-state index contributed by atoms with van der Waals surface area (Å²) in [7, 11) is 0. The zero-order chi connectivity index (χ0) is 59.3. The molecule has 1 aliphatic rings. The summed E-state index contributed by atoms with van der Waals surface area (Å²) in [5.41, 5.74) is 17.0. The monoisotopic (exact) mass is 1120 g/mol. The second kappa shape index (κ2) is 31.2.